The summed E-state index contributed by atoms with van der Waals surface area (Å²) in [6, 6.07) is 0.251. The number of ketones is 1. The zero-order valence-corrected chi connectivity index (χ0v) is 10.1. The Morgan fingerprint density at radius 1 is 1.44 bits per heavy atom. The molecule has 0 aliphatic carbocycles. The molecule has 2 atom stereocenters. The van der Waals surface area contributed by atoms with E-state index in [-0.39, 0.29) is 18.4 Å². The molecule has 1 fully saturated rings. The van der Waals surface area contributed by atoms with Crippen LogP contribution in [0, 0.1) is 0 Å². The molecule has 0 bridgehead atoms. The van der Waals surface area contributed by atoms with Crippen molar-refractivity contribution in [1.82, 2.24) is 4.90 Å². The number of β-amino-alcohol motifs (C(OH)–C–C–N with tert-alkyl or cyclic N) is 1. The maximum absolute atomic E-state index is 11.2. The zero-order valence-electron chi connectivity index (χ0n) is 10.1. The Balaban J connectivity index is 2.54. The van der Waals surface area contributed by atoms with Crippen LogP contribution < -0.4 is 0 Å². The highest BCUT2D eigenvalue weighted by Gasteiger charge is 2.23. The van der Waals surface area contributed by atoms with Crippen molar-refractivity contribution in [3.8, 4) is 0 Å². The van der Waals surface area contributed by atoms with E-state index in [1.165, 1.54) is 6.42 Å². The fourth-order valence-corrected chi connectivity index (χ4v) is 2.37. The molecule has 0 radical (unpaired) electrons. The minimum absolute atomic E-state index is 0.204. The molecular formula is C12H23NO3. The third-order valence-corrected chi connectivity index (χ3v) is 3.18. The lowest BCUT2D eigenvalue weighted by molar-refractivity contribution is -0.118. The van der Waals surface area contributed by atoms with Crippen LogP contribution in [0.1, 0.15) is 39.0 Å². The summed E-state index contributed by atoms with van der Waals surface area (Å²) in [6.45, 7) is 2.82. The fourth-order valence-electron chi connectivity index (χ4n) is 2.37. The number of hydrogen-bond acceptors (Lipinski definition) is 4. The molecule has 1 aliphatic rings. The summed E-state index contributed by atoms with van der Waals surface area (Å²) in [5.74, 6) is 0.204. The second-order valence-electron chi connectivity index (χ2n) is 4.74. The molecule has 16 heavy (non-hydrogen) atoms. The lowest BCUT2D eigenvalue weighted by Gasteiger charge is -2.30. The molecule has 0 aromatic heterocycles. The molecule has 94 valence electrons. The van der Waals surface area contributed by atoms with E-state index >= 15 is 0 Å². The smallest absolute Gasteiger partial charge is 0.131 e. The van der Waals surface area contributed by atoms with Gasteiger partial charge in [-0.2, -0.15) is 0 Å². The molecule has 4 heteroatoms. The molecule has 2 N–H and O–H groups in total. The van der Waals surface area contributed by atoms with E-state index in [1.54, 1.807) is 6.92 Å². The van der Waals surface area contributed by atoms with Gasteiger partial charge in [0.25, 0.3) is 0 Å². The van der Waals surface area contributed by atoms with E-state index in [4.69, 9.17) is 5.11 Å². The fraction of sp³-hybridized carbons (Fsp3) is 0.917. The lowest BCUT2D eigenvalue weighted by Crippen LogP contribution is -2.42. The molecule has 1 rings (SSSR count). The standard InChI is InChI=1S/C12H23NO3/c1-10(15)7-11-5-3-2-4-6-13(11)8-12(16)9-14/h11-12,14,16H,2-9H2,1H3. The quantitative estimate of drug-likeness (QED) is 0.723. The van der Waals surface area contributed by atoms with Crippen molar-refractivity contribution in [2.24, 2.45) is 0 Å². The van der Waals surface area contributed by atoms with Crippen LogP contribution in [0.15, 0.2) is 0 Å². The van der Waals surface area contributed by atoms with Crippen LogP contribution in [0.25, 0.3) is 0 Å². The Labute approximate surface area is 97.3 Å². The maximum Gasteiger partial charge on any atom is 0.131 e. The van der Waals surface area contributed by atoms with Crippen LogP contribution in [-0.4, -0.2) is 52.7 Å². The van der Waals surface area contributed by atoms with Gasteiger partial charge in [-0.3, -0.25) is 9.69 Å². The van der Waals surface area contributed by atoms with Gasteiger partial charge < -0.3 is 10.2 Å². The van der Waals surface area contributed by atoms with Crippen molar-refractivity contribution in [2.75, 3.05) is 19.7 Å². The SMILES string of the molecule is CC(=O)CC1CCCCCN1CC(O)CO. The van der Waals surface area contributed by atoms with Gasteiger partial charge in [-0.25, -0.2) is 0 Å². The van der Waals surface area contributed by atoms with Gasteiger partial charge in [0.15, 0.2) is 0 Å². The third-order valence-electron chi connectivity index (χ3n) is 3.18. The Hall–Kier alpha value is -0.450. The summed E-state index contributed by atoms with van der Waals surface area (Å²) in [6.07, 6.45) is 4.37. The average molecular weight is 229 g/mol. The van der Waals surface area contributed by atoms with E-state index < -0.39 is 6.10 Å². The number of Topliss-reactive ketones (excluding diaryl/α,β-unsaturated/α-hetero) is 1. The predicted molar refractivity (Wildman–Crippen MR) is 62.2 cm³/mol. The Morgan fingerprint density at radius 2 is 2.19 bits per heavy atom. The van der Waals surface area contributed by atoms with Crippen LogP contribution >= 0.6 is 0 Å². The lowest BCUT2D eigenvalue weighted by atomic mass is 10.0. The molecule has 0 amide bonds. The van der Waals surface area contributed by atoms with Crippen LogP contribution in [0.2, 0.25) is 0 Å². The molecule has 0 aromatic carbocycles. The number of carbonyl (C=O) groups excluding carboxylic acids is 1. The van der Waals surface area contributed by atoms with E-state index in [0.717, 1.165) is 25.8 Å². The summed E-state index contributed by atoms with van der Waals surface area (Å²) in [5.41, 5.74) is 0. The molecular weight excluding hydrogens is 206 g/mol. The molecule has 1 aliphatic heterocycles. The average Bonchev–Trinajstić information content (AvgIpc) is 2.44. The van der Waals surface area contributed by atoms with Crippen molar-refractivity contribution in [1.29, 1.82) is 0 Å². The molecule has 0 spiro atoms. The van der Waals surface area contributed by atoms with Crippen LogP contribution in [0.3, 0.4) is 0 Å². The molecule has 0 saturated carbocycles. The van der Waals surface area contributed by atoms with Gasteiger partial charge in [0.1, 0.15) is 5.78 Å². The molecule has 0 aromatic rings. The number of aliphatic hydroxyl groups is 2. The first-order valence-corrected chi connectivity index (χ1v) is 6.16. The minimum Gasteiger partial charge on any atom is -0.394 e. The Bertz CT molecular complexity index is 220. The van der Waals surface area contributed by atoms with Crippen molar-refractivity contribution in [3.63, 3.8) is 0 Å². The normalized spacial score (nSPS) is 25.1. The minimum atomic E-state index is -0.687. The first-order chi connectivity index (χ1) is 7.63. The van der Waals surface area contributed by atoms with E-state index in [1.807, 2.05) is 0 Å². The van der Waals surface area contributed by atoms with Crippen molar-refractivity contribution < 1.29 is 15.0 Å². The zero-order chi connectivity index (χ0) is 12.0. The number of hydrogen-bond donors (Lipinski definition) is 2. The van der Waals surface area contributed by atoms with Gasteiger partial charge in [0.05, 0.1) is 12.7 Å². The van der Waals surface area contributed by atoms with Crippen LogP contribution in [-0.2, 0) is 4.79 Å². The summed E-state index contributed by atoms with van der Waals surface area (Å²) in [4.78, 5) is 13.3. The summed E-state index contributed by atoms with van der Waals surface area (Å²) in [5, 5.41) is 18.3. The topological polar surface area (TPSA) is 60.8 Å². The third kappa shape index (κ3) is 4.60. The highest BCUT2D eigenvalue weighted by atomic mass is 16.3. The van der Waals surface area contributed by atoms with Gasteiger partial charge in [0.2, 0.25) is 0 Å². The maximum atomic E-state index is 11.2. The van der Waals surface area contributed by atoms with Gasteiger partial charge >= 0.3 is 0 Å². The summed E-state index contributed by atoms with van der Waals surface area (Å²) >= 11 is 0. The summed E-state index contributed by atoms with van der Waals surface area (Å²) < 4.78 is 0. The second-order valence-corrected chi connectivity index (χ2v) is 4.74. The van der Waals surface area contributed by atoms with Crippen molar-refractivity contribution in [2.45, 2.75) is 51.2 Å². The highest BCUT2D eigenvalue weighted by molar-refractivity contribution is 5.76. The van der Waals surface area contributed by atoms with Crippen LogP contribution in [0.4, 0.5) is 0 Å². The van der Waals surface area contributed by atoms with E-state index in [9.17, 15) is 9.90 Å². The number of rotatable bonds is 5. The monoisotopic (exact) mass is 229 g/mol. The van der Waals surface area contributed by atoms with Gasteiger partial charge in [0, 0.05) is 19.0 Å². The molecule has 1 heterocycles. The first kappa shape index (κ1) is 13.6. The number of likely N-dealkylation sites (tertiary alicyclic amines) is 1. The predicted octanol–water partition coefficient (Wildman–Crippen LogP) is 0.563. The molecule has 4 nitrogen and oxygen atoms in total. The number of nitrogens with zero attached hydrogens (tertiary/aromatic N) is 1. The van der Waals surface area contributed by atoms with E-state index in [2.05, 4.69) is 4.90 Å². The Kier molecular flexibility index (Phi) is 5.95. The van der Waals surface area contributed by atoms with Crippen molar-refractivity contribution >= 4 is 5.78 Å². The first-order valence-electron chi connectivity index (χ1n) is 6.16. The summed E-state index contributed by atoms with van der Waals surface area (Å²) in [7, 11) is 0. The number of carbonyl (C=O) groups is 1. The molecule has 1 saturated heterocycles. The van der Waals surface area contributed by atoms with Gasteiger partial charge in [-0.15, -0.1) is 0 Å². The largest absolute Gasteiger partial charge is 0.394 e. The molecule has 2 unspecified atom stereocenters. The second kappa shape index (κ2) is 6.99. The van der Waals surface area contributed by atoms with Crippen molar-refractivity contribution in [3.05, 3.63) is 0 Å². The highest BCUT2D eigenvalue weighted by Crippen LogP contribution is 2.19. The number of aliphatic hydroxyl groups excluding tert-OH is 2. The van der Waals surface area contributed by atoms with Gasteiger partial charge in [-0.05, 0) is 26.3 Å². The van der Waals surface area contributed by atoms with Gasteiger partial charge in [-0.1, -0.05) is 12.8 Å². The van der Waals surface area contributed by atoms with Crippen LogP contribution in [0.5, 0.6) is 0 Å². The Morgan fingerprint density at radius 3 is 2.81 bits per heavy atom. The van der Waals surface area contributed by atoms with E-state index in [0.29, 0.717) is 13.0 Å².